The predicted octanol–water partition coefficient (Wildman–Crippen LogP) is 4.28. The number of ether oxygens (including phenoxy) is 4. The first-order valence-corrected chi connectivity index (χ1v) is 13.9. The highest BCUT2D eigenvalue weighted by atomic mass is 32.2. The summed E-state index contributed by atoms with van der Waals surface area (Å²) in [5, 5.41) is 3.72. The molecule has 4 aromatic rings. The van der Waals surface area contributed by atoms with Gasteiger partial charge in [0, 0.05) is 43.6 Å². The molecular formula is C28H31N5O7S. The first-order chi connectivity index (χ1) is 19.5. The summed E-state index contributed by atoms with van der Waals surface area (Å²) >= 11 is 0. The molecule has 2 heterocycles. The minimum absolute atomic E-state index is 0.0529. The maximum atomic E-state index is 13.4. The lowest BCUT2D eigenvalue weighted by atomic mass is 10.0. The highest BCUT2D eigenvalue weighted by Crippen LogP contribution is 2.37. The standard InChI is InChI=1S/C28H31N5O7S/c1-16(2)40-20-11-18(27(34)38-6)10-19(13-20)31-25-21-9-8-17(22-14-30-28(39-7)32-26(22)37-5)12-23(21)29-15-24(25)41(35,36)33(3)4/h8-16H,1-7H3,(H,29,31). The molecule has 2 aromatic carbocycles. The third-order valence-corrected chi connectivity index (χ3v) is 7.81. The molecule has 216 valence electrons. The van der Waals surface area contributed by atoms with E-state index in [0.717, 1.165) is 4.31 Å². The van der Waals surface area contributed by atoms with Crippen molar-refractivity contribution in [1.29, 1.82) is 0 Å². The van der Waals surface area contributed by atoms with Gasteiger partial charge in [0.25, 0.3) is 0 Å². The van der Waals surface area contributed by atoms with E-state index in [1.54, 1.807) is 42.6 Å². The van der Waals surface area contributed by atoms with Crippen molar-refractivity contribution in [2.24, 2.45) is 0 Å². The van der Waals surface area contributed by atoms with Gasteiger partial charge in [0.1, 0.15) is 10.6 Å². The highest BCUT2D eigenvalue weighted by molar-refractivity contribution is 7.89. The van der Waals surface area contributed by atoms with Crippen LogP contribution in [0.4, 0.5) is 11.4 Å². The summed E-state index contributed by atoms with van der Waals surface area (Å²) < 4.78 is 49.1. The number of carbonyl (C=O) groups is 1. The van der Waals surface area contributed by atoms with Crippen LogP contribution in [0.2, 0.25) is 0 Å². The van der Waals surface area contributed by atoms with E-state index in [9.17, 15) is 13.2 Å². The molecule has 13 heteroatoms. The van der Waals surface area contributed by atoms with Crippen LogP contribution in [-0.2, 0) is 14.8 Å². The number of fused-ring (bicyclic) bond motifs is 1. The summed E-state index contributed by atoms with van der Waals surface area (Å²) in [6.45, 7) is 3.72. The van der Waals surface area contributed by atoms with Crippen molar-refractivity contribution in [1.82, 2.24) is 19.3 Å². The fourth-order valence-electron chi connectivity index (χ4n) is 4.06. The number of hydrogen-bond donors (Lipinski definition) is 1. The SMILES string of the molecule is COC(=O)c1cc(Nc2c(S(=O)(=O)N(C)C)cnc3cc(-c4cnc(OC)nc4OC)ccc23)cc(OC(C)C)c1. The lowest BCUT2D eigenvalue weighted by Crippen LogP contribution is -2.23. The third kappa shape index (κ3) is 6.15. The van der Waals surface area contributed by atoms with E-state index in [4.69, 9.17) is 18.9 Å². The van der Waals surface area contributed by atoms with E-state index < -0.39 is 16.0 Å². The monoisotopic (exact) mass is 581 g/mol. The second kappa shape index (κ2) is 11.9. The number of sulfonamides is 1. The number of nitrogens with one attached hydrogen (secondary N) is 1. The first-order valence-electron chi connectivity index (χ1n) is 12.5. The van der Waals surface area contributed by atoms with Crippen LogP contribution in [0.1, 0.15) is 24.2 Å². The summed E-state index contributed by atoms with van der Waals surface area (Å²) in [6.07, 6.45) is 2.70. The molecule has 0 aliphatic heterocycles. The Morgan fingerprint density at radius 3 is 2.37 bits per heavy atom. The number of methoxy groups -OCH3 is 3. The fraction of sp³-hybridized carbons (Fsp3) is 0.286. The molecule has 0 fully saturated rings. The number of rotatable bonds is 10. The molecular weight excluding hydrogens is 550 g/mol. The Bertz CT molecular complexity index is 1710. The van der Waals surface area contributed by atoms with Gasteiger partial charge in [-0.05, 0) is 37.6 Å². The van der Waals surface area contributed by atoms with Crippen LogP contribution in [0, 0.1) is 0 Å². The number of nitrogens with zero attached hydrogens (tertiary/aromatic N) is 4. The fourth-order valence-corrected chi connectivity index (χ4v) is 5.06. The molecule has 0 spiro atoms. The minimum atomic E-state index is -3.93. The number of hydrogen-bond acceptors (Lipinski definition) is 11. The number of pyridine rings is 1. The van der Waals surface area contributed by atoms with E-state index in [-0.39, 0.29) is 28.3 Å². The molecule has 0 aliphatic rings. The summed E-state index contributed by atoms with van der Waals surface area (Å²) in [5.74, 6) is 0.150. The average molecular weight is 582 g/mol. The number of aromatic nitrogens is 3. The van der Waals surface area contributed by atoms with Crippen LogP contribution in [0.25, 0.3) is 22.0 Å². The zero-order valence-corrected chi connectivity index (χ0v) is 24.6. The van der Waals surface area contributed by atoms with Crippen LogP contribution in [0.3, 0.4) is 0 Å². The highest BCUT2D eigenvalue weighted by Gasteiger charge is 2.25. The second-order valence-corrected chi connectivity index (χ2v) is 11.4. The first kappa shape index (κ1) is 29.5. The van der Waals surface area contributed by atoms with Gasteiger partial charge < -0.3 is 24.3 Å². The van der Waals surface area contributed by atoms with Crippen molar-refractivity contribution in [2.75, 3.05) is 40.7 Å². The quantitative estimate of drug-likeness (QED) is 0.268. The topological polar surface area (TPSA) is 142 Å². The van der Waals surface area contributed by atoms with Crippen molar-refractivity contribution in [3.8, 4) is 28.8 Å². The Labute approximate surface area is 238 Å². The number of esters is 1. The zero-order valence-electron chi connectivity index (χ0n) is 23.8. The molecule has 0 saturated heterocycles. The predicted molar refractivity (Wildman–Crippen MR) is 154 cm³/mol. The zero-order chi connectivity index (χ0) is 29.9. The van der Waals surface area contributed by atoms with Gasteiger partial charge in [-0.2, -0.15) is 4.98 Å². The Morgan fingerprint density at radius 2 is 1.73 bits per heavy atom. The Kier molecular flexibility index (Phi) is 8.59. The van der Waals surface area contributed by atoms with Gasteiger partial charge in [-0.3, -0.25) is 4.98 Å². The third-order valence-electron chi connectivity index (χ3n) is 5.98. The van der Waals surface area contributed by atoms with Gasteiger partial charge in [-0.1, -0.05) is 12.1 Å². The number of anilines is 2. The van der Waals surface area contributed by atoms with Crippen LogP contribution in [0.5, 0.6) is 17.6 Å². The average Bonchev–Trinajstić information content (AvgIpc) is 2.95. The van der Waals surface area contributed by atoms with Crippen molar-refractivity contribution >= 4 is 38.3 Å². The number of benzene rings is 2. The molecule has 41 heavy (non-hydrogen) atoms. The molecule has 12 nitrogen and oxygen atoms in total. The Hall–Kier alpha value is -4.49. The van der Waals surface area contributed by atoms with Crippen LogP contribution < -0.4 is 19.5 Å². The molecule has 0 amide bonds. The van der Waals surface area contributed by atoms with Crippen LogP contribution in [-0.4, -0.2) is 75.2 Å². The van der Waals surface area contributed by atoms with Gasteiger partial charge in [-0.15, -0.1) is 0 Å². The molecule has 0 bridgehead atoms. The molecule has 0 radical (unpaired) electrons. The summed E-state index contributed by atoms with van der Waals surface area (Å²) in [6, 6.07) is 10.3. The molecule has 4 rings (SSSR count). The second-order valence-electron chi connectivity index (χ2n) is 9.33. The van der Waals surface area contributed by atoms with Crippen molar-refractivity contribution < 1.29 is 32.2 Å². The van der Waals surface area contributed by atoms with Gasteiger partial charge in [0.2, 0.25) is 15.9 Å². The molecule has 0 aliphatic carbocycles. The minimum Gasteiger partial charge on any atom is -0.491 e. The molecule has 0 saturated carbocycles. The van der Waals surface area contributed by atoms with E-state index in [2.05, 4.69) is 20.3 Å². The largest absolute Gasteiger partial charge is 0.491 e. The van der Waals surface area contributed by atoms with Crippen LogP contribution >= 0.6 is 0 Å². The molecule has 0 atom stereocenters. The normalized spacial score (nSPS) is 11.5. The van der Waals surface area contributed by atoms with Gasteiger partial charge >= 0.3 is 12.0 Å². The van der Waals surface area contributed by atoms with Crippen molar-refractivity contribution in [3.63, 3.8) is 0 Å². The van der Waals surface area contributed by atoms with Crippen molar-refractivity contribution in [3.05, 3.63) is 54.4 Å². The van der Waals surface area contributed by atoms with Gasteiger partial charge in [0.15, 0.2) is 0 Å². The summed E-state index contributed by atoms with van der Waals surface area (Å²) in [5.41, 5.74) is 2.70. The lowest BCUT2D eigenvalue weighted by molar-refractivity contribution is 0.0600. The van der Waals surface area contributed by atoms with Gasteiger partial charge in [0.05, 0.1) is 49.8 Å². The molecule has 0 unspecified atom stereocenters. The number of carbonyl (C=O) groups excluding carboxylic acids is 1. The van der Waals surface area contributed by atoms with E-state index in [1.165, 1.54) is 41.6 Å². The smallest absolute Gasteiger partial charge is 0.338 e. The lowest BCUT2D eigenvalue weighted by Gasteiger charge is -2.19. The van der Waals surface area contributed by atoms with Crippen LogP contribution in [0.15, 0.2) is 53.7 Å². The van der Waals surface area contributed by atoms with E-state index >= 15 is 0 Å². The van der Waals surface area contributed by atoms with E-state index in [0.29, 0.717) is 39.3 Å². The maximum absolute atomic E-state index is 13.4. The van der Waals surface area contributed by atoms with Gasteiger partial charge in [-0.25, -0.2) is 22.5 Å². The Balaban J connectivity index is 1.92. The molecule has 2 aromatic heterocycles. The summed E-state index contributed by atoms with van der Waals surface area (Å²) in [7, 11) is 3.18. The molecule has 1 N–H and O–H groups in total. The maximum Gasteiger partial charge on any atom is 0.338 e. The van der Waals surface area contributed by atoms with Crippen molar-refractivity contribution in [2.45, 2.75) is 24.8 Å². The Morgan fingerprint density at radius 1 is 0.976 bits per heavy atom. The summed E-state index contributed by atoms with van der Waals surface area (Å²) in [4.78, 5) is 25.2. The van der Waals surface area contributed by atoms with E-state index in [1.807, 2.05) is 13.8 Å².